The Bertz CT molecular complexity index is 1430. The standard InChI is InChI=1S/C24H26F3N3O4S/c1-13-10-16(21(22(26)27)28-18-5-4-15(25)12-19(18)35(3,32)33)20-17(11-13)24(31)30(2)23(29-20)14-6-8-34-9-7-14/h4-5,10-12,14,21-22,28H,6-9H2,1-3H3/t21-/m0/s1. The summed E-state index contributed by atoms with van der Waals surface area (Å²) in [6.45, 7) is 2.70. The predicted molar refractivity (Wildman–Crippen MR) is 126 cm³/mol. The molecule has 1 saturated heterocycles. The third-order valence-corrected chi connectivity index (χ3v) is 7.35. The molecule has 7 nitrogen and oxygen atoms in total. The monoisotopic (exact) mass is 509 g/mol. The van der Waals surface area contributed by atoms with Crippen molar-refractivity contribution in [3.8, 4) is 0 Å². The molecular weight excluding hydrogens is 483 g/mol. The number of halogens is 3. The lowest BCUT2D eigenvalue weighted by Crippen LogP contribution is -2.28. The Kier molecular flexibility index (Phi) is 6.92. The first-order valence-electron chi connectivity index (χ1n) is 11.1. The van der Waals surface area contributed by atoms with Crippen LogP contribution in [0.15, 0.2) is 40.0 Å². The fourth-order valence-electron chi connectivity index (χ4n) is 4.49. The fourth-order valence-corrected chi connectivity index (χ4v) is 5.35. The first kappa shape index (κ1) is 25.2. The summed E-state index contributed by atoms with van der Waals surface area (Å²) >= 11 is 0. The maximum absolute atomic E-state index is 14.5. The van der Waals surface area contributed by atoms with Gasteiger partial charge in [0.1, 0.15) is 17.7 Å². The lowest BCUT2D eigenvalue weighted by molar-refractivity contribution is 0.0828. The van der Waals surface area contributed by atoms with E-state index >= 15 is 0 Å². The molecule has 0 spiro atoms. The third kappa shape index (κ3) is 5.06. The van der Waals surface area contributed by atoms with Gasteiger partial charge in [0.05, 0.1) is 21.5 Å². The van der Waals surface area contributed by atoms with Gasteiger partial charge in [-0.2, -0.15) is 0 Å². The van der Waals surface area contributed by atoms with E-state index in [0.29, 0.717) is 37.4 Å². The Balaban J connectivity index is 1.91. The van der Waals surface area contributed by atoms with Crippen molar-refractivity contribution < 1.29 is 26.3 Å². The number of hydrogen-bond acceptors (Lipinski definition) is 6. The van der Waals surface area contributed by atoms with Crippen LogP contribution in [-0.2, 0) is 21.6 Å². The summed E-state index contributed by atoms with van der Waals surface area (Å²) < 4.78 is 73.9. The van der Waals surface area contributed by atoms with Crippen molar-refractivity contribution in [2.75, 3.05) is 24.8 Å². The molecule has 188 valence electrons. The SMILES string of the molecule is Cc1cc([C@H](Nc2ccc(F)cc2S(C)(=O)=O)C(F)F)c2nc(C3CCOCC3)n(C)c(=O)c2c1. The van der Waals surface area contributed by atoms with Crippen molar-refractivity contribution in [2.45, 2.75) is 43.0 Å². The summed E-state index contributed by atoms with van der Waals surface area (Å²) in [7, 11) is -2.31. The number of aromatic nitrogens is 2. The lowest BCUT2D eigenvalue weighted by Gasteiger charge is -2.26. The molecule has 0 amide bonds. The van der Waals surface area contributed by atoms with Crippen LogP contribution in [0.25, 0.3) is 10.9 Å². The summed E-state index contributed by atoms with van der Waals surface area (Å²) in [5.74, 6) is -0.383. The van der Waals surface area contributed by atoms with Crippen LogP contribution in [-0.4, -0.2) is 43.9 Å². The number of sulfone groups is 1. The molecule has 1 fully saturated rings. The van der Waals surface area contributed by atoms with Gasteiger partial charge in [0.25, 0.3) is 12.0 Å². The maximum atomic E-state index is 14.5. The van der Waals surface area contributed by atoms with Gasteiger partial charge in [-0.3, -0.25) is 9.36 Å². The highest BCUT2D eigenvalue weighted by molar-refractivity contribution is 7.90. The van der Waals surface area contributed by atoms with Crippen LogP contribution in [0.3, 0.4) is 0 Å². The van der Waals surface area contributed by atoms with Crippen molar-refractivity contribution in [1.29, 1.82) is 0 Å². The minimum atomic E-state index is -3.92. The highest BCUT2D eigenvalue weighted by Gasteiger charge is 2.29. The van der Waals surface area contributed by atoms with Crippen molar-refractivity contribution >= 4 is 26.4 Å². The normalized spacial score (nSPS) is 16.1. The number of hydrogen-bond donors (Lipinski definition) is 1. The van der Waals surface area contributed by atoms with Crippen LogP contribution in [0.2, 0.25) is 0 Å². The van der Waals surface area contributed by atoms with E-state index in [0.717, 1.165) is 24.5 Å². The van der Waals surface area contributed by atoms with Crippen molar-refractivity contribution in [3.05, 3.63) is 63.5 Å². The Morgan fingerprint density at radius 2 is 1.86 bits per heavy atom. The number of benzene rings is 2. The van der Waals surface area contributed by atoms with Gasteiger partial charge in [-0.05, 0) is 49.6 Å². The summed E-state index contributed by atoms with van der Waals surface area (Å²) in [4.78, 5) is 17.5. The van der Waals surface area contributed by atoms with Crippen LogP contribution >= 0.6 is 0 Å². The maximum Gasteiger partial charge on any atom is 0.262 e. The summed E-state index contributed by atoms with van der Waals surface area (Å²) in [5, 5.41) is 2.77. The van der Waals surface area contributed by atoms with Gasteiger partial charge in [-0.15, -0.1) is 0 Å². The summed E-state index contributed by atoms with van der Waals surface area (Å²) in [6, 6.07) is 4.29. The zero-order valence-electron chi connectivity index (χ0n) is 19.5. The molecule has 0 saturated carbocycles. The molecule has 0 unspecified atom stereocenters. The molecular formula is C24H26F3N3O4S. The Hall–Kier alpha value is -2.92. The minimum absolute atomic E-state index is 0.0600. The number of nitrogens with one attached hydrogen (secondary N) is 1. The Morgan fingerprint density at radius 3 is 2.49 bits per heavy atom. The van der Waals surface area contributed by atoms with Crippen LogP contribution in [0.1, 0.15) is 41.8 Å². The molecule has 2 aromatic carbocycles. The summed E-state index contributed by atoms with van der Waals surface area (Å²) in [5.41, 5.74) is 0.237. The first-order chi connectivity index (χ1) is 16.5. The number of ether oxygens (including phenoxy) is 1. The molecule has 0 bridgehead atoms. The average molecular weight is 510 g/mol. The van der Waals surface area contributed by atoms with E-state index in [4.69, 9.17) is 4.74 Å². The molecule has 1 aliphatic heterocycles. The van der Waals surface area contributed by atoms with E-state index < -0.39 is 33.0 Å². The fraction of sp³-hybridized carbons (Fsp3) is 0.417. The van der Waals surface area contributed by atoms with Gasteiger partial charge in [0.15, 0.2) is 9.84 Å². The number of fused-ring (bicyclic) bond motifs is 1. The number of aryl methyl sites for hydroxylation is 1. The second-order valence-corrected chi connectivity index (χ2v) is 10.8. The van der Waals surface area contributed by atoms with Gasteiger partial charge in [-0.1, -0.05) is 6.07 Å². The van der Waals surface area contributed by atoms with Crippen molar-refractivity contribution in [1.82, 2.24) is 9.55 Å². The zero-order valence-corrected chi connectivity index (χ0v) is 20.3. The third-order valence-electron chi connectivity index (χ3n) is 6.22. The molecule has 2 heterocycles. The van der Waals surface area contributed by atoms with E-state index in [1.165, 1.54) is 10.6 Å². The number of rotatable bonds is 6. The number of nitrogens with zero attached hydrogens (tertiary/aromatic N) is 2. The predicted octanol–water partition coefficient (Wildman–Crippen LogP) is 4.10. The van der Waals surface area contributed by atoms with Gasteiger partial charge in [0, 0.05) is 38.0 Å². The lowest BCUT2D eigenvalue weighted by atomic mass is 9.97. The largest absolute Gasteiger partial charge is 0.381 e. The quantitative estimate of drug-likeness (QED) is 0.538. The smallest absolute Gasteiger partial charge is 0.262 e. The molecule has 1 aliphatic rings. The van der Waals surface area contributed by atoms with E-state index in [1.54, 1.807) is 20.0 Å². The summed E-state index contributed by atoms with van der Waals surface area (Å²) in [6.07, 6.45) is -0.819. The van der Waals surface area contributed by atoms with Crippen LogP contribution in [0.4, 0.5) is 18.9 Å². The molecule has 1 N–H and O–H groups in total. The highest BCUT2D eigenvalue weighted by Crippen LogP contribution is 2.34. The molecule has 11 heteroatoms. The van der Waals surface area contributed by atoms with Crippen LogP contribution in [0.5, 0.6) is 0 Å². The van der Waals surface area contributed by atoms with E-state index in [2.05, 4.69) is 10.3 Å². The van der Waals surface area contributed by atoms with Crippen LogP contribution < -0.4 is 10.9 Å². The number of anilines is 1. The van der Waals surface area contributed by atoms with Gasteiger partial charge >= 0.3 is 0 Å². The molecule has 1 atom stereocenters. The Labute approximate surface area is 200 Å². The second kappa shape index (κ2) is 9.62. The molecule has 4 rings (SSSR count). The van der Waals surface area contributed by atoms with Gasteiger partial charge in [-0.25, -0.2) is 26.6 Å². The van der Waals surface area contributed by atoms with E-state index in [9.17, 15) is 26.4 Å². The topological polar surface area (TPSA) is 90.3 Å². The van der Waals surface area contributed by atoms with E-state index in [-0.39, 0.29) is 33.6 Å². The van der Waals surface area contributed by atoms with Crippen molar-refractivity contribution in [3.63, 3.8) is 0 Å². The molecule has 3 aromatic rings. The molecule has 0 aliphatic carbocycles. The van der Waals surface area contributed by atoms with Gasteiger partial charge in [0.2, 0.25) is 0 Å². The second-order valence-electron chi connectivity index (χ2n) is 8.84. The Morgan fingerprint density at radius 1 is 1.17 bits per heavy atom. The zero-order chi connectivity index (χ0) is 25.5. The van der Waals surface area contributed by atoms with E-state index in [1.807, 2.05) is 0 Å². The first-order valence-corrected chi connectivity index (χ1v) is 13.0. The average Bonchev–Trinajstić information content (AvgIpc) is 2.80. The number of alkyl halides is 2. The van der Waals surface area contributed by atoms with Gasteiger partial charge < -0.3 is 10.1 Å². The highest BCUT2D eigenvalue weighted by atomic mass is 32.2. The minimum Gasteiger partial charge on any atom is -0.381 e. The van der Waals surface area contributed by atoms with Crippen molar-refractivity contribution in [2.24, 2.45) is 7.05 Å². The molecule has 35 heavy (non-hydrogen) atoms. The molecule has 1 aromatic heterocycles. The molecule has 0 radical (unpaired) electrons. The van der Waals surface area contributed by atoms with Crippen LogP contribution in [0, 0.1) is 12.7 Å².